The summed E-state index contributed by atoms with van der Waals surface area (Å²) in [5, 5.41) is 9.57. The summed E-state index contributed by atoms with van der Waals surface area (Å²) in [6.07, 6.45) is 0.244. The highest BCUT2D eigenvalue weighted by molar-refractivity contribution is 7.54. The molecule has 86 valence electrons. The molecule has 0 aromatic carbocycles. The zero-order valence-corrected chi connectivity index (χ0v) is 9.83. The quantitative estimate of drug-likeness (QED) is 0.637. The Bertz CT molecular complexity index is 175. The van der Waals surface area contributed by atoms with Crippen molar-refractivity contribution in [3.63, 3.8) is 0 Å². The summed E-state index contributed by atoms with van der Waals surface area (Å²) >= 11 is 0. The second kappa shape index (κ2) is 7.37. The first-order valence-corrected chi connectivity index (χ1v) is 6.27. The molecule has 0 aromatic rings. The topological polar surface area (TPSA) is 65.0 Å². The number of ether oxygens (including phenoxy) is 1. The number of methoxy groups -OCH3 is 1. The Morgan fingerprint density at radius 1 is 1.29 bits per heavy atom. The van der Waals surface area contributed by atoms with Crippen LogP contribution < -0.4 is 0 Å². The van der Waals surface area contributed by atoms with E-state index in [1.54, 1.807) is 13.8 Å². The summed E-state index contributed by atoms with van der Waals surface area (Å²) in [5.74, 6) is -1.11. The van der Waals surface area contributed by atoms with Crippen molar-refractivity contribution in [2.75, 3.05) is 26.9 Å². The Labute approximate surface area is 84.9 Å². The van der Waals surface area contributed by atoms with Crippen molar-refractivity contribution < 1.29 is 23.5 Å². The van der Waals surface area contributed by atoms with Gasteiger partial charge in [-0.3, -0.25) is 4.57 Å². The van der Waals surface area contributed by atoms with Gasteiger partial charge >= 0.3 is 7.60 Å². The first-order valence-electron chi connectivity index (χ1n) is 4.66. The maximum Gasteiger partial charge on any atom is 0.358 e. The molecule has 0 saturated heterocycles. The summed E-state index contributed by atoms with van der Waals surface area (Å²) in [7, 11) is -1.85. The van der Waals surface area contributed by atoms with Crippen molar-refractivity contribution in [2.24, 2.45) is 0 Å². The maximum atomic E-state index is 11.9. The van der Waals surface area contributed by atoms with Crippen LogP contribution in [0.3, 0.4) is 0 Å². The van der Waals surface area contributed by atoms with Gasteiger partial charge in [0, 0.05) is 20.1 Å². The van der Waals surface area contributed by atoms with Gasteiger partial charge in [0.1, 0.15) is 0 Å². The van der Waals surface area contributed by atoms with Crippen LogP contribution in [0.1, 0.15) is 20.3 Å². The molecule has 6 heteroatoms. The fourth-order valence-electron chi connectivity index (χ4n) is 0.951. The molecule has 0 rings (SSSR count). The molecule has 0 saturated carbocycles. The third-order valence-electron chi connectivity index (χ3n) is 1.56. The standard InChI is InChI=1S/C8H19O5P/c1-4-12-14(10,13-5-2)8(9)6-7-11-3/h8-9H,4-7H2,1-3H3/t8-/m0/s1. The molecule has 0 heterocycles. The molecule has 0 radical (unpaired) electrons. The van der Waals surface area contributed by atoms with Crippen LogP contribution in [0, 0.1) is 0 Å². The predicted octanol–water partition coefficient (Wildman–Crippen LogP) is 1.61. The molecule has 0 amide bonds. The minimum Gasteiger partial charge on any atom is -0.385 e. The van der Waals surface area contributed by atoms with E-state index in [0.29, 0.717) is 6.61 Å². The van der Waals surface area contributed by atoms with Crippen molar-refractivity contribution >= 4 is 7.60 Å². The lowest BCUT2D eigenvalue weighted by atomic mass is 10.5. The molecule has 14 heavy (non-hydrogen) atoms. The zero-order valence-electron chi connectivity index (χ0n) is 8.93. The smallest absolute Gasteiger partial charge is 0.358 e. The van der Waals surface area contributed by atoms with Crippen molar-refractivity contribution in [2.45, 2.75) is 26.1 Å². The van der Waals surface area contributed by atoms with E-state index in [9.17, 15) is 9.67 Å². The molecule has 0 aliphatic heterocycles. The second-order valence-corrected chi connectivity index (χ2v) is 4.83. The van der Waals surface area contributed by atoms with Gasteiger partial charge in [0.25, 0.3) is 0 Å². The average Bonchev–Trinajstić information content (AvgIpc) is 2.15. The molecular formula is C8H19O5P. The van der Waals surface area contributed by atoms with Crippen LogP contribution in [0.4, 0.5) is 0 Å². The zero-order chi connectivity index (χ0) is 11.0. The lowest BCUT2D eigenvalue weighted by molar-refractivity contribution is 0.112. The Kier molecular flexibility index (Phi) is 7.41. The Hall–Kier alpha value is 0.0700. The molecule has 0 spiro atoms. The first-order chi connectivity index (χ1) is 6.60. The van der Waals surface area contributed by atoms with E-state index in [1.807, 2.05) is 0 Å². The van der Waals surface area contributed by atoms with Gasteiger partial charge in [0.2, 0.25) is 0 Å². The minimum absolute atomic E-state index is 0.244. The highest BCUT2D eigenvalue weighted by atomic mass is 31.2. The molecule has 0 unspecified atom stereocenters. The number of hydrogen-bond acceptors (Lipinski definition) is 5. The van der Waals surface area contributed by atoms with E-state index < -0.39 is 13.4 Å². The number of rotatable bonds is 8. The third kappa shape index (κ3) is 4.53. The van der Waals surface area contributed by atoms with E-state index >= 15 is 0 Å². The van der Waals surface area contributed by atoms with Crippen molar-refractivity contribution in [3.8, 4) is 0 Å². The van der Waals surface area contributed by atoms with Gasteiger partial charge in [-0.1, -0.05) is 0 Å². The lowest BCUT2D eigenvalue weighted by Gasteiger charge is -2.21. The van der Waals surface area contributed by atoms with Crippen LogP contribution >= 0.6 is 7.60 Å². The van der Waals surface area contributed by atoms with E-state index in [2.05, 4.69) is 0 Å². The molecule has 0 aliphatic carbocycles. The van der Waals surface area contributed by atoms with Gasteiger partial charge in [0.15, 0.2) is 5.85 Å². The second-order valence-electron chi connectivity index (χ2n) is 2.64. The molecule has 5 nitrogen and oxygen atoms in total. The summed E-state index contributed by atoms with van der Waals surface area (Å²) in [6.45, 7) is 4.23. The van der Waals surface area contributed by atoms with Crippen LogP contribution in [0.25, 0.3) is 0 Å². The van der Waals surface area contributed by atoms with Crippen LogP contribution in [0.15, 0.2) is 0 Å². The summed E-state index contributed by atoms with van der Waals surface area (Å²) in [5.41, 5.74) is 0. The van der Waals surface area contributed by atoms with Crippen molar-refractivity contribution in [1.29, 1.82) is 0 Å². The van der Waals surface area contributed by atoms with Gasteiger partial charge < -0.3 is 18.9 Å². The predicted molar refractivity (Wildman–Crippen MR) is 53.4 cm³/mol. The van der Waals surface area contributed by atoms with E-state index in [1.165, 1.54) is 7.11 Å². The average molecular weight is 226 g/mol. The highest BCUT2D eigenvalue weighted by Gasteiger charge is 2.33. The van der Waals surface area contributed by atoms with Gasteiger partial charge in [-0.15, -0.1) is 0 Å². The summed E-state index contributed by atoms with van der Waals surface area (Å²) < 4.78 is 26.6. The Morgan fingerprint density at radius 2 is 1.79 bits per heavy atom. The van der Waals surface area contributed by atoms with Crippen LogP contribution in [0.5, 0.6) is 0 Å². The van der Waals surface area contributed by atoms with E-state index in [4.69, 9.17) is 13.8 Å². The van der Waals surface area contributed by atoms with Crippen LogP contribution in [-0.4, -0.2) is 37.9 Å². The third-order valence-corrected chi connectivity index (χ3v) is 3.79. The van der Waals surface area contributed by atoms with Gasteiger partial charge in [-0.25, -0.2) is 0 Å². The normalized spacial score (nSPS) is 14.3. The first kappa shape index (κ1) is 14.1. The maximum absolute atomic E-state index is 11.9. The SMILES string of the molecule is CCOP(=O)(OCC)[C@H](O)CCOC. The molecule has 1 atom stereocenters. The summed E-state index contributed by atoms with van der Waals surface area (Å²) in [4.78, 5) is 0. The van der Waals surface area contributed by atoms with Gasteiger partial charge in [0.05, 0.1) is 13.2 Å². The van der Waals surface area contributed by atoms with Crippen LogP contribution in [-0.2, 0) is 18.3 Å². The van der Waals surface area contributed by atoms with Gasteiger partial charge in [-0.05, 0) is 13.8 Å². The summed E-state index contributed by atoms with van der Waals surface area (Å²) in [6, 6.07) is 0. The fourth-order valence-corrected chi connectivity index (χ4v) is 2.51. The van der Waals surface area contributed by atoms with E-state index in [0.717, 1.165) is 0 Å². The minimum atomic E-state index is -3.36. The van der Waals surface area contributed by atoms with Crippen LogP contribution in [0.2, 0.25) is 0 Å². The van der Waals surface area contributed by atoms with E-state index in [-0.39, 0.29) is 19.6 Å². The van der Waals surface area contributed by atoms with Crippen molar-refractivity contribution in [1.82, 2.24) is 0 Å². The highest BCUT2D eigenvalue weighted by Crippen LogP contribution is 2.52. The molecule has 0 aliphatic rings. The fraction of sp³-hybridized carbons (Fsp3) is 1.00. The molecule has 0 bridgehead atoms. The number of aliphatic hydroxyl groups excluding tert-OH is 1. The molecule has 0 fully saturated rings. The molecular weight excluding hydrogens is 207 g/mol. The monoisotopic (exact) mass is 226 g/mol. The van der Waals surface area contributed by atoms with Crippen molar-refractivity contribution in [3.05, 3.63) is 0 Å². The Balaban J connectivity index is 4.23. The Morgan fingerprint density at radius 3 is 2.14 bits per heavy atom. The lowest BCUT2D eigenvalue weighted by Crippen LogP contribution is -2.14. The molecule has 1 N–H and O–H groups in total. The molecule has 0 aromatic heterocycles. The largest absolute Gasteiger partial charge is 0.385 e. The van der Waals surface area contributed by atoms with Gasteiger partial charge in [-0.2, -0.15) is 0 Å². The number of hydrogen-bond donors (Lipinski definition) is 1. The number of aliphatic hydroxyl groups is 1.